The molecule has 2 N–H and O–H groups in total. The fourth-order valence-electron chi connectivity index (χ4n) is 3.49. The average Bonchev–Trinajstić information content (AvgIpc) is 3.10. The Labute approximate surface area is 146 Å². The summed E-state index contributed by atoms with van der Waals surface area (Å²) in [5, 5.41) is 5.60. The number of hydrogen-bond acceptors (Lipinski definition) is 1. The van der Waals surface area contributed by atoms with Crippen molar-refractivity contribution in [3.63, 3.8) is 0 Å². The van der Waals surface area contributed by atoms with E-state index >= 15 is 0 Å². The number of benzene rings is 2. The summed E-state index contributed by atoms with van der Waals surface area (Å²) in [6, 6.07) is 10.8. The molecule has 0 saturated heterocycles. The summed E-state index contributed by atoms with van der Waals surface area (Å²) in [5.41, 5.74) is 1.57. The predicted octanol–water partition coefficient (Wildman–Crippen LogP) is 4.76. The molecule has 0 radical (unpaired) electrons. The number of carbonyl (C=O) groups is 1. The standard InChI is InChI=1S/C20H22F2N2O/c1-13-4-7-15(8-5-13)24-18(25)23-12-20(11-19(20,2)3)16-9-6-14(21)10-17(16)22/h4-10H,11-12H2,1-3H3,(H2,23,24,25). The minimum atomic E-state index is -0.597. The van der Waals surface area contributed by atoms with Gasteiger partial charge in [-0.15, -0.1) is 0 Å². The van der Waals surface area contributed by atoms with Crippen LogP contribution in [0, 0.1) is 24.0 Å². The Bertz CT molecular complexity index is 802. The van der Waals surface area contributed by atoms with Crippen LogP contribution >= 0.6 is 0 Å². The van der Waals surface area contributed by atoms with E-state index in [0.717, 1.165) is 18.1 Å². The maximum atomic E-state index is 14.3. The second-order valence-corrected chi connectivity index (χ2v) is 7.44. The lowest BCUT2D eigenvalue weighted by molar-refractivity contribution is 0.250. The molecule has 0 heterocycles. The van der Waals surface area contributed by atoms with Crippen molar-refractivity contribution in [2.75, 3.05) is 11.9 Å². The fourth-order valence-corrected chi connectivity index (χ4v) is 3.49. The van der Waals surface area contributed by atoms with E-state index in [4.69, 9.17) is 0 Å². The highest BCUT2D eigenvalue weighted by Gasteiger charge is 2.62. The highest BCUT2D eigenvalue weighted by Crippen LogP contribution is 2.64. The molecule has 0 spiro atoms. The van der Waals surface area contributed by atoms with E-state index in [2.05, 4.69) is 10.6 Å². The summed E-state index contributed by atoms with van der Waals surface area (Å²) in [6.45, 7) is 6.31. The van der Waals surface area contributed by atoms with Crippen molar-refractivity contribution in [1.29, 1.82) is 0 Å². The van der Waals surface area contributed by atoms with Crippen LogP contribution in [-0.2, 0) is 5.41 Å². The molecule has 2 amide bonds. The molecule has 1 aliphatic rings. The first-order chi connectivity index (χ1) is 11.7. The number of carbonyl (C=O) groups excluding carboxylic acids is 1. The van der Waals surface area contributed by atoms with E-state index in [1.165, 1.54) is 12.1 Å². The van der Waals surface area contributed by atoms with Crippen LogP contribution in [0.5, 0.6) is 0 Å². The molecule has 5 heteroatoms. The molecule has 1 saturated carbocycles. The van der Waals surface area contributed by atoms with E-state index < -0.39 is 17.0 Å². The molecule has 0 aromatic heterocycles. The molecular formula is C20H22F2N2O. The highest BCUT2D eigenvalue weighted by molar-refractivity contribution is 5.89. The summed E-state index contributed by atoms with van der Waals surface area (Å²) in [4.78, 5) is 12.2. The summed E-state index contributed by atoms with van der Waals surface area (Å²) in [5.74, 6) is -1.16. The minimum Gasteiger partial charge on any atom is -0.337 e. The number of amides is 2. The molecular weight excluding hydrogens is 322 g/mol. The van der Waals surface area contributed by atoms with Gasteiger partial charge in [0.25, 0.3) is 0 Å². The van der Waals surface area contributed by atoms with Gasteiger partial charge in [0.15, 0.2) is 0 Å². The molecule has 0 bridgehead atoms. The van der Waals surface area contributed by atoms with Gasteiger partial charge in [0, 0.05) is 23.7 Å². The van der Waals surface area contributed by atoms with Gasteiger partial charge in [0.1, 0.15) is 11.6 Å². The van der Waals surface area contributed by atoms with Crippen molar-refractivity contribution in [1.82, 2.24) is 5.32 Å². The van der Waals surface area contributed by atoms with Gasteiger partial charge in [-0.2, -0.15) is 0 Å². The summed E-state index contributed by atoms with van der Waals surface area (Å²) in [6.07, 6.45) is 0.730. The van der Waals surface area contributed by atoms with E-state index in [-0.39, 0.29) is 11.4 Å². The number of hydrogen-bond donors (Lipinski definition) is 2. The van der Waals surface area contributed by atoms with Crippen LogP contribution in [0.2, 0.25) is 0 Å². The minimum absolute atomic E-state index is 0.164. The van der Waals surface area contributed by atoms with Crippen molar-refractivity contribution < 1.29 is 13.6 Å². The Morgan fingerprint density at radius 3 is 2.32 bits per heavy atom. The maximum Gasteiger partial charge on any atom is 0.319 e. The van der Waals surface area contributed by atoms with Crippen LogP contribution in [-0.4, -0.2) is 12.6 Å². The predicted molar refractivity (Wildman–Crippen MR) is 94.6 cm³/mol. The van der Waals surface area contributed by atoms with Gasteiger partial charge in [-0.3, -0.25) is 0 Å². The average molecular weight is 344 g/mol. The highest BCUT2D eigenvalue weighted by atomic mass is 19.1. The van der Waals surface area contributed by atoms with Crippen molar-refractivity contribution >= 4 is 11.7 Å². The Hall–Kier alpha value is -2.43. The van der Waals surface area contributed by atoms with Crippen molar-refractivity contribution in [3.8, 4) is 0 Å². The van der Waals surface area contributed by atoms with E-state index in [1.54, 1.807) is 0 Å². The number of aryl methyl sites for hydroxylation is 1. The van der Waals surface area contributed by atoms with Gasteiger partial charge in [0.2, 0.25) is 0 Å². The summed E-state index contributed by atoms with van der Waals surface area (Å²) < 4.78 is 27.5. The molecule has 0 aliphatic heterocycles. The molecule has 1 atom stereocenters. The van der Waals surface area contributed by atoms with Crippen LogP contribution in [0.3, 0.4) is 0 Å². The molecule has 3 nitrogen and oxygen atoms in total. The van der Waals surface area contributed by atoms with Crippen LogP contribution in [0.4, 0.5) is 19.3 Å². The molecule has 3 rings (SSSR count). The van der Waals surface area contributed by atoms with Crippen molar-refractivity contribution in [2.45, 2.75) is 32.6 Å². The zero-order valence-electron chi connectivity index (χ0n) is 14.6. The fraction of sp³-hybridized carbons (Fsp3) is 0.350. The summed E-state index contributed by atoms with van der Waals surface area (Å²) >= 11 is 0. The monoisotopic (exact) mass is 344 g/mol. The lowest BCUT2D eigenvalue weighted by Crippen LogP contribution is -2.37. The van der Waals surface area contributed by atoms with Gasteiger partial charge in [-0.1, -0.05) is 37.6 Å². The third-order valence-corrected chi connectivity index (χ3v) is 5.22. The first-order valence-corrected chi connectivity index (χ1v) is 8.31. The number of urea groups is 1. The molecule has 2 aromatic carbocycles. The van der Waals surface area contributed by atoms with Crippen molar-refractivity contribution in [3.05, 3.63) is 65.2 Å². The molecule has 25 heavy (non-hydrogen) atoms. The number of halogens is 2. The number of anilines is 1. The van der Waals surface area contributed by atoms with Gasteiger partial charge in [-0.25, -0.2) is 13.6 Å². The zero-order chi connectivity index (χ0) is 18.2. The molecule has 2 aromatic rings. The normalized spacial score (nSPS) is 20.8. The van der Waals surface area contributed by atoms with Crippen LogP contribution < -0.4 is 10.6 Å². The van der Waals surface area contributed by atoms with Gasteiger partial charge < -0.3 is 10.6 Å². The van der Waals surface area contributed by atoms with E-state index in [1.807, 2.05) is 45.0 Å². The molecule has 132 valence electrons. The number of nitrogens with one attached hydrogen (secondary N) is 2. The Morgan fingerprint density at radius 2 is 1.76 bits per heavy atom. The SMILES string of the molecule is Cc1ccc(NC(=O)NCC2(c3ccc(F)cc3F)CC2(C)C)cc1. The van der Waals surface area contributed by atoms with Gasteiger partial charge >= 0.3 is 6.03 Å². The number of rotatable bonds is 4. The van der Waals surface area contributed by atoms with Gasteiger partial charge in [0.05, 0.1) is 0 Å². The first-order valence-electron chi connectivity index (χ1n) is 8.31. The van der Waals surface area contributed by atoms with E-state index in [9.17, 15) is 13.6 Å². The van der Waals surface area contributed by atoms with Gasteiger partial charge in [-0.05, 0) is 42.5 Å². The molecule has 1 aliphatic carbocycles. The first kappa shape index (κ1) is 17.4. The molecule has 1 unspecified atom stereocenters. The third-order valence-electron chi connectivity index (χ3n) is 5.22. The Kier molecular flexibility index (Phi) is 4.27. The van der Waals surface area contributed by atoms with E-state index in [0.29, 0.717) is 17.8 Å². The van der Waals surface area contributed by atoms with Crippen LogP contribution in [0.15, 0.2) is 42.5 Å². The third kappa shape index (κ3) is 3.36. The largest absolute Gasteiger partial charge is 0.337 e. The maximum absolute atomic E-state index is 14.3. The Morgan fingerprint density at radius 1 is 1.12 bits per heavy atom. The lowest BCUT2D eigenvalue weighted by Gasteiger charge is -2.22. The quantitative estimate of drug-likeness (QED) is 0.825. The van der Waals surface area contributed by atoms with Crippen molar-refractivity contribution in [2.24, 2.45) is 5.41 Å². The smallest absolute Gasteiger partial charge is 0.319 e. The topological polar surface area (TPSA) is 41.1 Å². The molecule has 1 fully saturated rings. The second kappa shape index (κ2) is 6.14. The lowest BCUT2D eigenvalue weighted by atomic mass is 9.87. The zero-order valence-corrected chi connectivity index (χ0v) is 14.6. The summed E-state index contributed by atoms with van der Waals surface area (Å²) in [7, 11) is 0. The Balaban J connectivity index is 1.71. The van der Waals surface area contributed by atoms with Crippen LogP contribution in [0.25, 0.3) is 0 Å². The second-order valence-electron chi connectivity index (χ2n) is 7.44. The van der Waals surface area contributed by atoms with Crippen LogP contribution in [0.1, 0.15) is 31.4 Å².